The van der Waals surface area contributed by atoms with Crippen molar-refractivity contribution < 1.29 is 14.3 Å². The van der Waals surface area contributed by atoms with Gasteiger partial charge in [-0.2, -0.15) is 0 Å². The molecule has 2 heterocycles. The van der Waals surface area contributed by atoms with E-state index in [1.807, 2.05) is 46.9 Å². The highest BCUT2D eigenvalue weighted by molar-refractivity contribution is 5.94. The van der Waals surface area contributed by atoms with E-state index in [1.54, 1.807) is 0 Å². The van der Waals surface area contributed by atoms with Gasteiger partial charge in [-0.1, -0.05) is 0 Å². The van der Waals surface area contributed by atoms with E-state index in [4.69, 9.17) is 10.5 Å². The summed E-state index contributed by atoms with van der Waals surface area (Å²) in [7, 11) is 0. The van der Waals surface area contributed by atoms with E-state index >= 15 is 0 Å². The van der Waals surface area contributed by atoms with E-state index in [1.165, 1.54) is 0 Å². The number of anilines is 1. The van der Waals surface area contributed by atoms with Gasteiger partial charge in [0.1, 0.15) is 6.54 Å². The van der Waals surface area contributed by atoms with Crippen molar-refractivity contribution in [3.05, 3.63) is 30.5 Å². The minimum Gasteiger partial charge on any atom is -0.378 e. The molecule has 8 heteroatoms. The van der Waals surface area contributed by atoms with E-state index in [9.17, 15) is 9.59 Å². The Kier molecular flexibility index (Phi) is 7.65. The second kappa shape index (κ2) is 9.73. The number of ether oxygens (including phenoxy) is 1. The topological polar surface area (TPSA) is 89.6 Å². The first-order valence-corrected chi connectivity index (χ1v) is 9.03. The van der Waals surface area contributed by atoms with Crippen molar-refractivity contribution in [3.63, 3.8) is 0 Å². The fraction of sp³-hybridized carbons (Fsp3) is 0.474. The van der Waals surface area contributed by atoms with Gasteiger partial charge < -0.3 is 25.3 Å². The number of hydrogen-bond acceptors (Lipinski definition) is 4. The molecular formula is C19H27ClN4O3. The average Bonchev–Trinajstić information content (AvgIpc) is 3.03. The maximum atomic E-state index is 12.4. The normalized spacial score (nSPS) is 15.3. The van der Waals surface area contributed by atoms with Gasteiger partial charge in [0.05, 0.1) is 13.2 Å². The lowest BCUT2D eigenvalue weighted by Gasteiger charge is -2.27. The van der Waals surface area contributed by atoms with Crippen LogP contribution in [0, 0.1) is 0 Å². The zero-order valence-electron chi connectivity index (χ0n) is 15.5. The van der Waals surface area contributed by atoms with Gasteiger partial charge in [0.2, 0.25) is 11.8 Å². The van der Waals surface area contributed by atoms with Crippen LogP contribution in [-0.2, 0) is 20.9 Å². The predicted octanol–water partition coefficient (Wildman–Crippen LogP) is 1.99. The SMILES string of the molecule is CC(N)CCC(=O)Nc1ccc2c(ccn2CC(=O)N2CCOCC2)c1.Cl. The minimum absolute atomic E-state index is 0. The number of nitrogens with zero attached hydrogens (tertiary/aromatic N) is 2. The van der Waals surface area contributed by atoms with Gasteiger partial charge in [-0.3, -0.25) is 9.59 Å². The second-order valence-electron chi connectivity index (χ2n) is 6.77. The first-order valence-electron chi connectivity index (χ1n) is 9.03. The number of nitrogens with two attached hydrogens (primary N) is 1. The molecule has 7 nitrogen and oxygen atoms in total. The van der Waals surface area contributed by atoms with Crippen molar-refractivity contribution in [2.45, 2.75) is 32.4 Å². The lowest BCUT2D eigenvalue weighted by atomic mass is 10.2. The van der Waals surface area contributed by atoms with Gasteiger partial charge in [-0.15, -0.1) is 12.4 Å². The number of amides is 2. The zero-order valence-corrected chi connectivity index (χ0v) is 16.3. The third kappa shape index (κ3) is 5.69. The molecule has 1 atom stereocenters. The molecule has 1 aromatic carbocycles. The number of halogens is 1. The van der Waals surface area contributed by atoms with Crippen LogP contribution in [0.5, 0.6) is 0 Å². The standard InChI is InChI=1S/C19H26N4O3.ClH/c1-14(20)2-5-18(24)21-16-3-4-17-15(12-16)6-7-23(17)13-19(25)22-8-10-26-11-9-22;/h3-4,6-7,12,14H,2,5,8-11,13,20H2,1H3,(H,21,24);1H. The first kappa shape index (κ1) is 21.2. The second-order valence-corrected chi connectivity index (χ2v) is 6.77. The van der Waals surface area contributed by atoms with E-state index in [0.29, 0.717) is 45.7 Å². The molecule has 1 aliphatic heterocycles. The molecule has 1 aromatic heterocycles. The Hall–Kier alpha value is -2.09. The Labute approximate surface area is 165 Å². The van der Waals surface area contributed by atoms with Gasteiger partial charge in [-0.25, -0.2) is 0 Å². The molecule has 27 heavy (non-hydrogen) atoms. The number of hydrogen-bond donors (Lipinski definition) is 2. The molecule has 1 unspecified atom stereocenters. The van der Waals surface area contributed by atoms with Crippen molar-refractivity contribution in [1.29, 1.82) is 0 Å². The molecule has 0 aliphatic carbocycles. The Balaban J connectivity index is 0.00000261. The number of carbonyl (C=O) groups is 2. The van der Waals surface area contributed by atoms with Crippen LogP contribution >= 0.6 is 12.4 Å². The van der Waals surface area contributed by atoms with Gasteiger partial charge >= 0.3 is 0 Å². The molecular weight excluding hydrogens is 368 g/mol. The van der Waals surface area contributed by atoms with Crippen LogP contribution in [0.4, 0.5) is 5.69 Å². The monoisotopic (exact) mass is 394 g/mol. The van der Waals surface area contributed by atoms with Crippen LogP contribution in [0.2, 0.25) is 0 Å². The van der Waals surface area contributed by atoms with Crippen LogP contribution in [0.15, 0.2) is 30.5 Å². The highest BCUT2D eigenvalue weighted by Crippen LogP contribution is 2.21. The number of benzene rings is 1. The molecule has 3 N–H and O–H groups in total. The predicted molar refractivity (Wildman–Crippen MR) is 108 cm³/mol. The van der Waals surface area contributed by atoms with Crippen LogP contribution in [0.1, 0.15) is 19.8 Å². The summed E-state index contributed by atoms with van der Waals surface area (Å²) in [6.07, 6.45) is 2.98. The third-order valence-corrected chi connectivity index (χ3v) is 4.55. The lowest BCUT2D eigenvalue weighted by Crippen LogP contribution is -2.42. The molecule has 1 fully saturated rings. The third-order valence-electron chi connectivity index (χ3n) is 4.55. The zero-order chi connectivity index (χ0) is 18.5. The number of nitrogens with one attached hydrogen (secondary N) is 1. The highest BCUT2D eigenvalue weighted by atomic mass is 35.5. The summed E-state index contributed by atoms with van der Waals surface area (Å²) in [4.78, 5) is 26.2. The highest BCUT2D eigenvalue weighted by Gasteiger charge is 2.17. The quantitative estimate of drug-likeness (QED) is 0.784. The number of rotatable bonds is 6. The van der Waals surface area contributed by atoms with Crippen LogP contribution < -0.4 is 11.1 Å². The van der Waals surface area contributed by atoms with Crippen molar-refractivity contribution in [2.75, 3.05) is 31.6 Å². The van der Waals surface area contributed by atoms with E-state index in [-0.39, 0.29) is 30.3 Å². The summed E-state index contributed by atoms with van der Waals surface area (Å²) in [6.45, 7) is 4.70. The molecule has 1 aliphatic rings. The molecule has 148 valence electrons. The van der Waals surface area contributed by atoms with Gasteiger partial charge in [0.25, 0.3) is 0 Å². The molecule has 3 rings (SSSR count). The van der Waals surface area contributed by atoms with Crippen LogP contribution in [0.3, 0.4) is 0 Å². The van der Waals surface area contributed by atoms with Gasteiger partial charge in [0.15, 0.2) is 0 Å². The van der Waals surface area contributed by atoms with Crippen molar-refractivity contribution in [2.24, 2.45) is 5.73 Å². The summed E-state index contributed by atoms with van der Waals surface area (Å²) in [5, 5.41) is 3.89. The molecule has 0 spiro atoms. The van der Waals surface area contributed by atoms with Gasteiger partial charge in [-0.05, 0) is 37.6 Å². The van der Waals surface area contributed by atoms with Crippen molar-refractivity contribution in [3.8, 4) is 0 Å². The molecule has 0 bridgehead atoms. The van der Waals surface area contributed by atoms with E-state index in [2.05, 4.69) is 5.32 Å². The Morgan fingerprint density at radius 1 is 1.26 bits per heavy atom. The summed E-state index contributed by atoms with van der Waals surface area (Å²) in [5.41, 5.74) is 7.41. The number of aromatic nitrogens is 1. The summed E-state index contributed by atoms with van der Waals surface area (Å²) < 4.78 is 7.23. The molecule has 2 amide bonds. The van der Waals surface area contributed by atoms with Crippen LogP contribution in [0.25, 0.3) is 10.9 Å². The van der Waals surface area contributed by atoms with Gasteiger partial charge in [0, 0.05) is 48.3 Å². The fourth-order valence-electron chi connectivity index (χ4n) is 3.06. The smallest absolute Gasteiger partial charge is 0.242 e. The average molecular weight is 395 g/mol. The van der Waals surface area contributed by atoms with Crippen molar-refractivity contribution in [1.82, 2.24) is 9.47 Å². The Bertz CT molecular complexity index is 784. The number of fused-ring (bicyclic) bond motifs is 1. The summed E-state index contributed by atoms with van der Waals surface area (Å²) in [5.74, 6) is 0.0580. The maximum Gasteiger partial charge on any atom is 0.242 e. The van der Waals surface area contributed by atoms with Crippen LogP contribution in [-0.4, -0.2) is 53.6 Å². The number of carbonyl (C=O) groups excluding carboxylic acids is 2. The molecule has 0 radical (unpaired) electrons. The Morgan fingerprint density at radius 3 is 2.70 bits per heavy atom. The lowest BCUT2D eigenvalue weighted by molar-refractivity contribution is -0.135. The minimum atomic E-state index is -0.0384. The van der Waals surface area contributed by atoms with E-state index in [0.717, 1.165) is 16.6 Å². The Morgan fingerprint density at radius 2 is 2.00 bits per heavy atom. The summed E-state index contributed by atoms with van der Waals surface area (Å²) in [6, 6.07) is 7.69. The maximum absolute atomic E-state index is 12.4. The molecule has 1 saturated heterocycles. The summed E-state index contributed by atoms with van der Waals surface area (Å²) >= 11 is 0. The molecule has 2 aromatic rings. The fourth-order valence-corrected chi connectivity index (χ4v) is 3.06. The number of morpholine rings is 1. The molecule has 0 saturated carbocycles. The largest absolute Gasteiger partial charge is 0.378 e. The first-order chi connectivity index (χ1) is 12.5. The van der Waals surface area contributed by atoms with E-state index < -0.39 is 0 Å². The van der Waals surface area contributed by atoms with Crippen molar-refractivity contribution >= 4 is 40.8 Å².